The maximum Gasteiger partial charge on any atom is 0.266 e. The number of thiazole rings is 1. The normalized spacial score (nSPS) is 13.0. The first-order valence-corrected chi connectivity index (χ1v) is 9.39. The average Bonchev–Trinajstić information content (AvgIpc) is 3.25. The molecule has 0 unspecified atom stereocenters. The first-order chi connectivity index (χ1) is 13.1. The molecule has 27 heavy (non-hydrogen) atoms. The first kappa shape index (κ1) is 17.4. The van der Waals surface area contributed by atoms with Crippen molar-refractivity contribution in [2.75, 3.05) is 10.2 Å². The fourth-order valence-electron chi connectivity index (χ4n) is 2.78. The molecule has 1 N–H and O–H groups in total. The minimum absolute atomic E-state index is 0.279. The zero-order valence-electron chi connectivity index (χ0n) is 13.8. The Morgan fingerprint density at radius 1 is 1.04 bits per heavy atom. The van der Waals surface area contributed by atoms with E-state index < -0.39 is 0 Å². The Kier molecular flexibility index (Phi) is 4.47. The quantitative estimate of drug-likeness (QED) is 0.534. The molecule has 1 aliphatic rings. The van der Waals surface area contributed by atoms with Gasteiger partial charge in [0.25, 0.3) is 17.7 Å². The molecule has 0 bridgehead atoms. The van der Waals surface area contributed by atoms with Crippen LogP contribution in [0.25, 0.3) is 0 Å². The molecule has 3 amide bonds. The SMILES string of the molecule is O=C(Nc1nc(CCl)cs1)c1ccc(N2C(=O)c3ccccc3C2=O)cc1. The summed E-state index contributed by atoms with van der Waals surface area (Å²) in [5.41, 5.74) is 2.25. The highest BCUT2D eigenvalue weighted by atomic mass is 35.5. The number of carbonyl (C=O) groups is 3. The smallest absolute Gasteiger partial charge is 0.266 e. The van der Waals surface area contributed by atoms with Crippen LogP contribution in [0, 0.1) is 0 Å². The summed E-state index contributed by atoms with van der Waals surface area (Å²) in [5, 5.41) is 4.93. The molecule has 1 aliphatic heterocycles. The molecule has 0 aliphatic carbocycles. The van der Waals surface area contributed by atoms with Gasteiger partial charge in [-0.3, -0.25) is 19.7 Å². The molecule has 4 rings (SSSR count). The van der Waals surface area contributed by atoms with E-state index in [-0.39, 0.29) is 23.6 Å². The lowest BCUT2D eigenvalue weighted by Gasteiger charge is -2.14. The van der Waals surface area contributed by atoms with Crippen molar-refractivity contribution in [1.82, 2.24) is 4.98 Å². The summed E-state index contributed by atoms with van der Waals surface area (Å²) in [4.78, 5) is 42.6. The molecular formula is C19H12ClN3O3S. The van der Waals surface area contributed by atoms with E-state index in [4.69, 9.17) is 11.6 Å². The average molecular weight is 398 g/mol. The molecule has 0 saturated heterocycles. The number of hydrogen-bond donors (Lipinski definition) is 1. The van der Waals surface area contributed by atoms with Crippen LogP contribution in [0.1, 0.15) is 36.8 Å². The Balaban J connectivity index is 1.53. The second kappa shape index (κ2) is 6.94. The summed E-state index contributed by atoms with van der Waals surface area (Å²) in [6.07, 6.45) is 0. The van der Waals surface area contributed by atoms with Crippen LogP contribution >= 0.6 is 22.9 Å². The van der Waals surface area contributed by atoms with Crippen molar-refractivity contribution in [3.63, 3.8) is 0 Å². The number of fused-ring (bicyclic) bond motifs is 1. The number of benzene rings is 2. The van der Waals surface area contributed by atoms with Crippen molar-refractivity contribution in [2.45, 2.75) is 5.88 Å². The first-order valence-electron chi connectivity index (χ1n) is 7.98. The third-order valence-electron chi connectivity index (χ3n) is 4.09. The highest BCUT2D eigenvalue weighted by Crippen LogP contribution is 2.28. The largest absolute Gasteiger partial charge is 0.298 e. The molecule has 6 nitrogen and oxygen atoms in total. The number of nitrogens with one attached hydrogen (secondary N) is 1. The number of alkyl halides is 1. The van der Waals surface area contributed by atoms with Crippen molar-refractivity contribution in [2.24, 2.45) is 0 Å². The maximum absolute atomic E-state index is 12.5. The van der Waals surface area contributed by atoms with E-state index in [0.717, 1.165) is 4.90 Å². The Labute approximate surface area is 163 Å². The number of nitrogens with zero attached hydrogens (tertiary/aromatic N) is 2. The predicted octanol–water partition coefficient (Wildman–Crippen LogP) is 3.93. The number of imide groups is 1. The molecule has 0 radical (unpaired) electrons. The molecule has 0 fully saturated rings. The van der Waals surface area contributed by atoms with E-state index in [1.165, 1.54) is 11.3 Å². The summed E-state index contributed by atoms with van der Waals surface area (Å²) in [6.45, 7) is 0. The number of hydrogen-bond acceptors (Lipinski definition) is 5. The van der Waals surface area contributed by atoms with Crippen molar-refractivity contribution < 1.29 is 14.4 Å². The van der Waals surface area contributed by atoms with Crippen LogP contribution in [-0.2, 0) is 5.88 Å². The summed E-state index contributed by atoms with van der Waals surface area (Å²) in [5.74, 6) is -0.797. The van der Waals surface area contributed by atoms with Crippen LogP contribution in [0.5, 0.6) is 0 Å². The van der Waals surface area contributed by atoms with Crippen LogP contribution in [-0.4, -0.2) is 22.7 Å². The summed E-state index contributed by atoms with van der Waals surface area (Å²) < 4.78 is 0. The van der Waals surface area contributed by atoms with Gasteiger partial charge in [0.2, 0.25) is 0 Å². The highest BCUT2D eigenvalue weighted by Gasteiger charge is 2.36. The number of aromatic nitrogens is 1. The van der Waals surface area contributed by atoms with Gasteiger partial charge in [0.1, 0.15) is 0 Å². The van der Waals surface area contributed by atoms with Crippen LogP contribution in [0.3, 0.4) is 0 Å². The molecule has 1 aromatic heterocycles. The Hall–Kier alpha value is -3.03. The summed E-state index contributed by atoms with van der Waals surface area (Å²) >= 11 is 6.99. The van der Waals surface area contributed by atoms with E-state index >= 15 is 0 Å². The molecule has 134 valence electrons. The van der Waals surface area contributed by atoms with E-state index in [2.05, 4.69) is 10.3 Å². The van der Waals surface area contributed by atoms with Crippen molar-refractivity contribution >= 4 is 51.5 Å². The van der Waals surface area contributed by atoms with Gasteiger partial charge in [-0.05, 0) is 36.4 Å². The van der Waals surface area contributed by atoms with Crippen molar-refractivity contribution in [3.05, 3.63) is 76.3 Å². The molecule has 2 aromatic carbocycles. The van der Waals surface area contributed by atoms with Gasteiger partial charge in [-0.25, -0.2) is 9.88 Å². The van der Waals surface area contributed by atoms with Gasteiger partial charge in [-0.1, -0.05) is 12.1 Å². The fraction of sp³-hybridized carbons (Fsp3) is 0.0526. The van der Waals surface area contributed by atoms with Crippen LogP contribution in [0.15, 0.2) is 53.9 Å². The number of carbonyl (C=O) groups excluding carboxylic acids is 3. The molecule has 0 atom stereocenters. The highest BCUT2D eigenvalue weighted by molar-refractivity contribution is 7.14. The minimum atomic E-state index is -0.371. The van der Waals surface area contributed by atoms with E-state index in [9.17, 15) is 14.4 Å². The van der Waals surface area contributed by atoms with Crippen molar-refractivity contribution in [1.29, 1.82) is 0 Å². The Bertz CT molecular complexity index is 1030. The standard InChI is InChI=1S/C19H12ClN3O3S/c20-9-12-10-27-19(21-12)22-16(24)11-5-7-13(8-6-11)23-17(25)14-3-1-2-4-15(14)18(23)26/h1-8,10H,9H2,(H,21,22,24). The lowest BCUT2D eigenvalue weighted by molar-refractivity contribution is 0.0925. The van der Waals surface area contributed by atoms with Gasteiger partial charge in [-0.15, -0.1) is 22.9 Å². The Morgan fingerprint density at radius 3 is 2.22 bits per heavy atom. The zero-order chi connectivity index (χ0) is 19.0. The number of amides is 3. The lowest BCUT2D eigenvalue weighted by atomic mass is 10.1. The molecule has 0 spiro atoms. The zero-order valence-corrected chi connectivity index (χ0v) is 15.4. The molecule has 3 aromatic rings. The maximum atomic E-state index is 12.5. The molecule has 2 heterocycles. The number of halogens is 1. The third kappa shape index (κ3) is 3.11. The van der Waals surface area contributed by atoms with Gasteiger partial charge in [-0.2, -0.15) is 0 Å². The van der Waals surface area contributed by atoms with Gasteiger partial charge >= 0.3 is 0 Å². The third-order valence-corrected chi connectivity index (χ3v) is 5.17. The van der Waals surface area contributed by atoms with E-state index in [0.29, 0.717) is 33.2 Å². The van der Waals surface area contributed by atoms with E-state index in [1.807, 2.05) is 0 Å². The fourth-order valence-corrected chi connectivity index (χ4v) is 3.71. The van der Waals surface area contributed by atoms with E-state index in [1.54, 1.807) is 53.9 Å². The Morgan fingerprint density at radius 2 is 1.67 bits per heavy atom. The topological polar surface area (TPSA) is 79.4 Å². The van der Waals surface area contributed by atoms with Gasteiger partial charge in [0.05, 0.1) is 28.4 Å². The lowest BCUT2D eigenvalue weighted by Crippen LogP contribution is -2.29. The minimum Gasteiger partial charge on any atom is -0.298 e. The summed E-state index contributed by atoms with van der Waals surface area (Å²) in [7, 11) is 0. The molecule has 8 heteroatoms. The van der Waals surface area contributed by atoms with Gasteiger partial charge in [0, 0.05) is 10.9 Å². The number of anilines is 2. The van der Waals surface area contributed by atoms with Crippen molar-refractivity contribution in [3.8, 4) is 0 Å². The second-order valence-electron chi connectivity index (χ2n) is 5.77. The molecular weight excluding hydrogens is 386 g/mol. The second-order valence-corrected chi connectivity index (χ2v) is 6.90. The van der Waals surface area contributed by atoms with Crippen LogP contribution in [0.2, 0.25) is 0 Å². The number of rotatable bonds is 4. The van der Waals surface area contributed by atoms with Gasteiger partial charge in [0.15, 0.2) is 5.13 Å². The van der Waals surface area contributed by atoms with Crippen LogP contribution in [0.4, 0.5) is 10.8 Å². The molecule has 0 saturated carbocycles. The summed E-state index contributed by atoms with van der Waals surface area (Å²) in [6, 6.07) is 12.9. The predicted molar refractivity (Wildman–Crippen MR) is 104 cm³/mol. The monoisotopic (exact) mass is 397 g/mol. The van der Waals surface area contributed by atoms with Crippen LogP contribution < -0.4 is 10.2 Å². The van der Waals surface area contributed by atoms with Gasteiger partial charge < -0.3 is 0 Å².